The number of hydrogen-bond acceptors (Lipinski definition) is 3. The molecule has 104 valence electrons. The topological polar surface area (TPSA) is 50.1 Å². The Balaban J connectivity index is 1.88. The summed E-state index contributed by atoms with van der Waals surface area (Å²) in [6.07, 6.45) is 0.596. The van der Waals surface area contributed by atoms with E-state index in [-0.39, 0.29) is 11.7 Å². The highest BCUT2D eigenvalue weighted by atomic mass is 16.5. The fraction of sp³-hybridized carbons (Fsp3) is 0.222. The van der Waals surface area contributed by atoms with Crippen molar-refractivity contribution in [1.82, 2.24) is 0 Å². The first-order chi connectivity index (χ1) is 10.2. The number of benzene rings is 2. The minimum atomic E-state index is -0.907. The van der Waals surface area contributed by atoms with Crippen LogP contribution in [0.1, 0.15) is 28.3 Å². The van der Waals surface area contributed by atoms with Crippen LogP contribution in [0, 0.1) is 16.7 Å². The zero-order chi connectivity index (χ0) is 14.9. The fourth-order valence-electron chi connectivity index (χ4n) is 2.78. The van der Waals surface area contributed by atoms with Gasteiger partial charge in [-0.05, 0) is 36.2 Å². The van der Waals surface area contributed by atoms with E-state index in [1.807, 2.05) is 30.3 Å². The average Bonchev–Trinajstić information content (AvgIpc) is 3.31. The predicted molar refractivity (Wildman–Crippen MR) is 79.2 cm³/mol. The van der Waals surface area contributed by atoms with Crippen LogP contribution in [0.4, 0.5) is 0 Å². The number of ketones is 1. The monoisotopic (exact) mass is 277 g/mol. The minimum absolute atomic E-state index is 0.00157. The van der Waals surface area contributed by atoms with Gasteiger partial charge in [0.1, 0.15) is 11.2 Å². The Morgan fingerprint density at radius 1 is 1.19 bits per heavy atom. The molecule has 0 spiro atoms. The number of nitrogens with zero attached hydrogens (tertiary/aromatic N) is 1. The van der Waals surface area contributed by atoms with Crippen molar-refractivity contribution in [2.45, 2.75) is 12.3 Å². The maximum atomic E-state index is 12.7. The lowest BCUT2D eigenvalue weighted by Gasteiger charge is -2.09. The number of hydrogen-bond donors (Lipinski definition) is 0. The van der Waals surface area contributed by atoms with Gasteiger partial charge in [0.05, 0.1) is 13.2 Å². The molecular formula is C18H15NO2. The molecule has 0 bridgehead atoms. The van der Waals surface area contributed by atoms with Crippen LogP contribution >= 0.6 is 0 Å². The SMILES string of the molecule is COc1ccc(C(=O)[C@@]2(C#N)C[C@@H]2c2ccccc2)cc1. The first-order valence-electron chi connectivity index (χ1n) is 6.86. The zero-order valence-electron chi connectivity index (χ0n) is 11.7. The van der Waals surface area contributed by atoms with Crippen LogP contribution < -0.4 is 4.74 Å². The van der Waals surface area contributed by atoms with Gasteiger partial charge in [-0.3, -0.25) is 4.79 Å². The van der Waals surface area contributed by atoms with Crippen LogP contribution in [0.5, 0.6) is 5.75 Å². The Kier molecular flexibility index (Phi) is 3.23. The van der Waals surface area contributed by atoms with Gasteiger partial charge >= 0.3 is 0 Å². The van der Waals surface area contributed by atoms with Gasteiger partial charge in [0.2, 0.25) is 0 Å². The summed E-state index contributed by atoms with van der Waals surface area (Å²) in [6, 6.07) is 19.0. The zero-order valence-corrected chi connectivity index (χ0v) is 11.7. The number of ether oxygens (including phenoxy) is 1. The van der Waals surface area contributed by atoms with Crippen molar-refractivity contribution in [2.24, 2.45) is 5.41 Å². The van der Waals surface area contributed by atoms with E-state index < -0.39 is 5.41 Å². The maximum absolute atomic E-state index is 12.7. The average molecular weight is 277 g/mol. The second-order valence-corrected chi connectivity index (χ2v) is 5.31. The van der Waals surface area contributed by atoms with E-state index in [4.69, 9.17) is 4.74 Å². The first-order valence-corrected chi connectivity index (χ1v) is 6.86. The molecule has 0 aliphatic heterocycles. The van der Waals surface area contributed by atoms with Gasteiger partial charge in [-0.1, -0.05) is 30.3 Å². The molecule has 0 amide bonds. The Morgan fingerprint density at radius 3 is 2.43 bits per heavy atom. The molecule has 0 N–H and O–H groups in total. The van der Waals surface area contributed by atoms with E-state index >= 15 is 0 Å². The molecule has 0 radical (unpaired) electrons. The highest BCUT2D eigenvalue weighted by Gasteiger charge is 2.61. The molecule has 1 saturated carbocycles. The third kappa shape index (κ3) is 2.19. The minimum Gasteiger partial charge on any atom is -0.497 e. The molecule has 0 heterocycles. The lowest BCUT2D eigenvalue weighted by atomic mass is 9.91. The van der Waals surface area contributed by atoms with Gasteiger partial charge in [0.25, 0.3) is 0 Å². The molecule has 1 aliphatic carbocycles. The summed E-state index contributed by atoms with van der Waals surface area (Å²) in [7, 11) is 1.58. The number of Topliss-reactive ketones (excluding diaryl/α,β-unsaturated/α-hetero) is 1. The molecule has 1 aliphatic rings. The molecule has 2 atom stereocenters. The van der Waals surface area contributed by atoms with E-state index in [2.05, 4.69) is 6.07 Å². The lowest BCUT2D eigenvalue weighted by molar-refractivity contribution is 0.0931. The van der Waals surface area contributed by atoms with Gasteiger partial charge in [0, 0.05) is 11.5 Å². The third-order valence-corrected chi connectivity index (χ3v) is 4.12. The molecule has 2 aromatic rings. The van der Waals surface area contributed by atoms with Gasteiger partial charge in [-0.2, -0.15) is 5.26 Å². The second kappa shape index (κ2) is 5.06. The highest BCUT2D eigenvalue weighted by molar-refractivity contribution is 6.05. The van der Waals surface area contributed by atoms with Crippen LogP contribution in [0.15, 0.2) is 54.6 Å². The molecule has 21 heavy (non-hydrogen) atoms. The number of nitriles is 1. The van der Waals surface area contributed by atoms with Crippen LogP contribution in [-0.4, -0.2) is 12.9 Å². The van der Waals surface area contributed by atoms with Gasteiger partial charge in [-0.25, -0.2) is 0 Å². The molecule has 0 aromatic heterocycles. The molecule has 1 fully saturated rings. The standard InChI is InChI=1S/C18H15NO2/c1-21-15-9-7-14(8-10-15)17(20)18(12-19)11-16(18)13-5-3-2-4-6-13/h2-10,16H,11H2,1H3/t16-,18-/m1/s1. The predicted octanol–water partition coefficient (Wildman–Crippen LogP) is 3.58. The Morgan fingerprint density at radius 2 is 1.86 bits per heavy atom. The van der Waals surface area contributed by atoms with E-state index in [0.717, 1.165) is 5.56 Å². The highest BCUT2D eigenvalue weighted by Crippen LogP contribution is 2.60. The van der Waals surface area contributed by atoms with E-state index in [1.165, 1.54) is 0 Å². The van der Waals surface area contributed by atoms with Gasteiger partial charge in [-0.15, -0.1) is 0 Å². The second-order valence-electron chi connectivity index (χ2n) is 5.31. The number of rotatable bonds is 4. The number of methoxy groups -OCH3 is 1. The lowest BCUT2D eigenvalue weighted by Crippen LogP contribution is -2.16. The molecule has 3 heteroatoms. The summed E-state index contributed by atoms with van der Waals surface area (Å²) in [5, 5.41) is 9.53. The normalized spacial score (nSPS) is 23.1. The van der Waals surface area contributed by atoms with Crippen molar-refractivity contribution >= 4 is 5.78 Å². The summed E-state index contributed by atoms with van der Waals surface area (Å²) in [6.45, 7) is 0. The smallest absolute Gasteiger partial charge is 0.183 e. The van der Waals surface area contributed by atoms with Crippen LogP contribution in [0.2, 0.25) is 0 Å². The molecule has 3 nitrogen and oxygen atoms in total. The molecular weight excluding hydrogens is 262 g/mol. The van der Waals surface area contributed by atoms with Crippen molar-refractivity contribution < 1.29 is 9.53 Å². The summed E-state index contributed by atoms with van der Waals surface area (Å²) >= 11 is 0. The summed E-state index contributed by atoms with van der Waals surface area (Å²) in [5.74, 6) is 0.604. The summed E-state index contributed by atoms with van der Waals surface area (Å²) in [4.78, 5) is 12.7. The van der Waals surface area contributed by atoms with Crippen LogP contribution in [0.25, 0.3) is 0 Å². The van der Waals surface area contributed by atoms with Crippen molar-refractivity contribution in [3.8, 4) is 11.8 Å². The first kappa shape index (κ1) is 13.4. The van der Waals surface area contributed by atoms with Crippen molar-refractivity contribution in [2.75, 3.05) is 7.11 Å². The Hall–Kier alpha value is -2.60. The largest absolute Gasteiger partial charge is 0.497 e. The van der Waals surface area contributed by atoms with Gasteiger partial charge < -0.3 is 4.74 Å². The fourth-order valence-corrected chi connectivity index (χ4v) is 2.78. The number of carbonyl (C=O) groups is 1. The summed E-state index contributed by atoms with van der Waals surface area (Å²) < 4.78 is 5.09. The quantitative estimate of drug-likeness (QED) is 0.803. The molecule has 3 rings (SSSR count). The van der Waals surface area contributed by atoms with E-state index in [9.17, 15) is 10.1 Å². The van der Waals surface area contributed by atoms with Crippen LogP contribution in [-0.2, 0) is 0 Å². The van der Waals surface area contributed by atoms with Crippen molar-refractivity contribution in [3.63, 3.8) is 0 Å². The Labute approximate surface area is 123 Å². The summed E-state index contributed by atoms with van der Waals surface area (Å²) in [5.41, 5.74) is 0.715. The van der Waals surface area contributed by atoms with E-state index in [1.54, 1.807) is 31.4 Å². The molecule has 2 aromatic carbocycles. The Bertz CT molecular complexity index is 700. The van der Waals surface area contributed by atoms with Gasteiger partial charge in [0.15, 0.2) is 5.78 Å². The molecule has 0 unspecified atom stereocenters. The van der Waals surface area contributed by atoms with Crippen molar-refractivity contribution in [3.05, 3.63) is 65.7 Å². The van der Waals surface area contributed by atoms with Crippen LogP contribution in [0.3, 0.4) is 0 Å². The van der Waals surface area contributed by atoms with E-state index in [0.29, 0.717) is 17.7 Å². The number of carbonyl (C=O) groups excluding carboxylic acids is 1. The maximum Gasteiger partial charge on any atom is 0.183 e. The van der Waals surface area contributed by atoms with Crippen molar-refractivity contribution in [1.29, 1.82) is 5.26 Å². The molecule has 0 saturated heterocycles. The third-order valence-electron chi connectivity index (χ3n) is 4.12.